The number of nitrogens with zero attached hydrogens (tertiary/aromatic N) is 1. The topological polar surface area (TPSA) is 57.6 Å². The number of rotatable bonds is 7. The maximum absolute atomic E-state index is 12.3. The molecule has 0 unspecified atom stereocenters. The molecule has 1 amide bonds. The number of aryl methyl sites for hydroxylation is 2. The Hall–Kier alpha value is -1.68. The van der Waals surface area contributed by atoms with Crippen LogP contribution in [0.5, 0.6) is 0 Å². The number of carbonyl (C=O) groups excluding carboxylic acids is 2. The van der Waals surface area contributed by atoms with E-state index in [1.165, 1.54) is 0 Å². The molecule has 114 valence electrons. The number of ketones is 1. The van der Waals surface area contributed by atoms with E-state index >= 15 is 0 Å². The van der Waals surface area contributed by atoms with Crippen LogP contribution in [0.4, 0.5) is 0 Å². The molecule has 21 heavy (non-hydrogen) atoms. The zero-order valence-electron chi connectivity index (χ0n) is 12.8. The van der Waals surface area contributed by atoms with Gasteiger partial charge < -0.3 is 10.0 Å². The van der Waals surface area contributed by atoms with E-state index in [1.807, 2.05) is 32.0 Å². The third-order valence-corrected chi connectivity index (χ3v) is 3.91. The van der Waals surface area contributed by atoms with Crippen LogP contribution in [-0.2, 0) is 4.79 Å². The number of aliphatic hydroxyl groups excluding tert-OH is 1. The maximum atomic E-state index is 12.3. The molecule has 1 saturated carbocycles. The molecule has 4 heteroatoms. The monoisotopic (exact) mass is 289 g/mol. The summed E-state index contributed by atoms with van der Waals surface area (Å²) in [5.41, 5.74) is 2.71. The van der Waals surface area contributed by atoms with Gasteiger partial charge in [-0.05, 0) is 38.3 Å². The first-order valence-electron chi connectivity index (χ1n) is 7.53. The molecule has 0 saturated heterocycles. The number of hydrogen-bond acceptors (Lipinski definition) is 3. The van der Waals surface area contributed by atoms with Crippen LogP contribution >= 0.6 is 0 Å². The number of carbonyl (C=O) groups is 2. The van der Waals surface area contributed by atoms with Gasteiger partial charge in [-0.25, -0.2) is 0 Å². The van der Waals surface area contributed by atoms with Gasteiger partial charge in [-0.1, -0.05) is 17.7 Å². The Kier molecular flexibility index (Phi) is 5.12. The van der Waals surface area contributed by atoms with E-state index in [4.69, 9.17) is 5.11 Å². The molecule has 0 aliphatic heterocycles. The average molecular weight is 289 g/mol. The highest BCUT2D eigenvalue weighted by Gasteiger charge is 2.31. The van der Waals surface area contributed by atoms with Gasteiger partial charge >= 0.3 is 0 Å². The van der Waals surface area contributed by atoms with E-state index in [2.05, 4.69) is 0 Å². The van der Waals surface area contributed by atoms with Crippen molar-refractivity contribution >= 4 is 11.7 Å². The lowest BCUT2D eigenvalue weighted by Gasteiger charge is -2.21. The van der Waals surface area contributed by atoms with Crippen LogP contribution in [-0.4, -0.2) is 40.9 Å². The molecule has 1 aromatic carbocycles. The third-order valence-electron chi connectivity index (χ3n) is 3.91. The van der Waals surface area contributed by atoms with E-state index < -0.39 is 0 Å². The Morgan fingerprint density at radius 2 is 1.95 bits per heavy atom. The van der Waals surface area contributed by atoms with Gasteiger partial charge in [0.25, 0.3) is 0 Å². The van der Waals surface area contributed by atoms with Gasteiger partial charge in [0.2, 0.25) is 5.91 Å². The lowest BCUT2D eigenvalue weighted by atomic mass is 9.99. The Balaban J connectivity index is 1.93. The van der Waals surface area contributed by atoms with Crippen LogP contribution in [0.15, 0.2) is 18.2 Å². The van der Waals surface area contributed by atoms with Crippen molar-refractivity contribution in [2.45, 2.75) is 45.6 Å². The largest absolute Gasteiger partial charge is 0.395 e. The second kappa shape index (κ2) is 6.85. The Bertz CT molecular complexity index is 535. The van der Waals surface area contributed by atoms with Crippen molar-refractivity contribution in [1.82, 2.24) is 4.90 Å². The van der Waals surface area contributed by atoms with Gasteiger partial charge in [0.1, 0.15) is 0 Å². The zero-order chi connectivity index (χ0) is 15.4. The fourth-order valence-electron chi connectivity index (χ4n) is 2.54. The predicted octanol–water partition coefficient (Wildman–Crippen LogP) is 2.25. The van der Waals surface area contributed by atoms with Gasteiger partial charge in [-0.3, -0.25) is 9.59 Å². The fourth-order valence-corrected chi connectivity index (χ4v) is 2.54. The summed E-state index contributed by atoms with van der Waals surface area (Å²) in [6.07, 6.45) is 2.48. The van der Waals surface area contributed by atoms with E-state index in [-0.39, 0.29) is 37.2 Å². The number of aliphatic hydroxyl groups is 1. The molecule has 1 aromatic rings. The lowest BCUT2D eigenvalue weighted by Crippen LogP contribution is -2.35. The number of hydrogen-bond donors (Lipinski definition) is 1. The minimum absolute atomic E-state index is 0.0179. The molecule has 1 fully saturated rings. The van der Waals surface area contributed by atoms with Gasteiger partial charge in [0, 0.05) is 31.0 Å². The average Bonchev–Trinajstić information content (AvgIpc) is 3.29. The van der Waals surface area contributed by atoms with Crippen LogP contribution in [0.25, 0.3) is 0 Å². The quantitative estimate of drug-likeness (QED) is 0.783. The van der Waals surface area contributed by atoms with Crippen molar-refractivity contribution in [2.24, 2.45) is 0 Å². The van der Waals surface area contributed by atoms with Crippen molar-refractivity contribution in [3.05, 3.63) is 34.9 Å². The molecule has 0 heterocycles. The summed E-state index contributed by atoms with van der Waals surface area (Å²) in [6, 6.07) is 6.08. The maximum Gasteiger partial charge on any atom is 0.223 e. The summed E-state index contributed by atoms with van der Waals surface area (Å²) in [5, 5.41) is 9.02. The SMILES string of the molecule is Cc1ccc(C)c(C(=O)CCC(=O)N(CCO)C2CC2)c1. The van der Waals surface area contributed by atoms with Crippen molar-refractivity contribution < 1.29 is 14.7 Å². The molecular weight excluding hydrogens is 266 g/mol. The first-order valence-corrected chi connectivity index (χ1v) is 7.53. The molecule has 0 spiro atoms. The second-order valence-electron chi connectivity index (χ2n) is 5.78. The molecule has 0 bridgehead atoms. The van der Waals surface area contributed by atoms with Crippen LogP contribution in [0, 0.1) is 13.8 Å². The van der Waals surface area contributed by atoms with Gasteiger partial charge in [0.15, 0.2) is 5.78 Å². The van der Waals surface area contributed by atoms with Crippen molar-refractivity contribution in [3.8, 4) is 0 Å². The normalized spacial score (nSPS) is 14.0. The molecule has 4 nitrogen and oxygen atoms in total. The molecule has 1 aliphatic carbocycles. The van der Waals surface area contributed by atoms with Gasteiger partial charge in [-0.2, -0.15) is 0 Å². The summed E-state index contributed by atoms with van der Waals surface area (Å²) >= 11 is 0. The Morgan fingerprint density at radius 1 is 1.24 bits per heavy atom. The van der Waals surface area contributed by atoms with E-state index in [0.29, 0.717) is 12.1 Å². The zero-order valence-corrected chi connectivity index (χ0v) is 12.8. The Morgan fingerprint density at radius 3 is 2.57 bits per heavy atom. The molecule has 2 rings (SSSR count). The summed E-state index contributed by atoms with van der Waals surface area (Å²) in [7, 11) is 0. The molecular formula is C17H23NO3. The summed E-state index contributed by atoms with van der Waals surface area (Å²) in [4.78, 5) is 26.2. The molecule has 1 N–H and O–H groups in total. The highest BCUT2D eigenvalue weighted by molar-refractivity contribution is 5.99. The summed E-state index contributed by atoms with van der Waals surface area (Å²) in [5.74, 6) is -0.00509. The standard InChI is InChI=1S/C17H23NO3/c1-12-3-4-13(2)15(11-12)16(20)7-8-17(21)18(9-10-19)14-5-6-14/h3-4,11,14,19H,5-10H2,1-2H3. The third kappa shape index (κ3) is 4.14. The van der Waals surface area contributed by atoms with Crippen LogP contribution in [0.1, 0.15) is 47.2 Å². The lowest BCUT2D eigenvalue weighted by molar-refractivity contribution is -0.132. The highest BCUT2D eigenvalue weighted by Crippen LogP contribution is 2.27. The molecule has 0 radical (unpaired) electrons. The van der Waals surface area contributed by atoms with Crippen LogP contribution < -0.4 is 0 Å². The van der Waals surface area contributed by atoms with Crippen molar-refractivity contribution in [3.63, 3.8) is 0 Å². The minimum Gasteiger partial charge on any atom is -0.395 e. The molecule has 0 aromatic heterocycles. The van der Waals surface area contributed by atoms with Crippen molar-refractivity contribution in [2.75, 3.05) is 13.2 Å². The van der Waals surface area contributed by atoms with Crippen LogP contribution in [0.3, 0.4) is 0 Å². The number of amides is 1. The first kappa shape index (κ1) is 15.7. The van der Waals surface area contributed by atoms with Crippen LogP contribution in [0.2, 0.25) is 0 Å². The summed E-state index contributed by atoms with van der Waals surface area (Å²) in [6.45, 7) is 4.22. The first-order chi connectivity index (χ1) is 10.0. The van der Waals surface area contributed by atoms with Crippen molar-refractivity contribution in [1.29, 1.82) is 0 Å². The van der Waals surface area contributed by atoms with E-state index in [1.54, 1.807) is 4.90 Å². The summed E-state index contributed by atoms with van der Waals surface area (Å²) < 4.78 is 0. The number of Topliss-reactive ketones (excluding diaryl/α,β-unsaturated/α-hetero) is 1. The molecule has 1 aliphatic rings. The molecule has 0 atom stereocenters. The highest BCUT2D eigenvalue weighted by atomic mass is 16.3. The van der Waals surface area contributed by atoms with E-state index in [0.717, 1.165) is 24.0 Å². The Labute approximate surface area is 125 Å². The number of benzene rings is 1. The fraction of sp³-hybridized carbons (Fsp3) is 0.529. The predicted molar refractivity (Wildman–Crippen MR) is 81.3 cm³/mol. The minimum atomic E-state index is -0.0230. The smallest absolute Gasteiger partial charge is 0.223 e. The van der Waals surface area contributed by atoms with E-state index in [9.17, 15) is 9.59 Å². The van der Waals surface area contributed by atoms with Gasteiger partial charge in [-0.15, -0.1) is 0 Å². The second-order valence-corrected chi connectivity index (χ2v) is 5.78. The van der Waals surface area contributed by atoms with Gasteiger partial charge in [0.05, 0.1) is 6.61 Å².